The maximum Gasteiger partial charge on any atom is 0.207 e. The molecule has 4 nitrogen and oxygen atoms in total. The Bertz CT molecular complexity index is 707. The normalized spacial score (nSPS) is 10.3. The molecule has 0 bridgehead atoms. The van der Waals surface area contributed by atoms with E-state index in [1.54, 1.807) is 13.3 Å². The highest BCUT2D eigenvalue weighted by molar-refractivity contribution is 5.53. The number of rotatable bonds is 5. The van der Waals surface area contributed by atoms with Crippen LogP contribution in [0.5, 0.6) is 5.75 Å². The molecule has 2 aromatic carbocycles. The molecule has 0 spiro atoms. The Kier molecular flexibility index (Phi) is 3.87. The molecule has 4 heteroatoms. The second-order valence-corrected chi connectivity index (χ2v) is 4.72. The highest BCUT2D eigenvalue weighted by Crippen LogP contribution is 2.18. The van der Waals surface area contributed by atoms with Crippen molar-refractivity contribution in [3.8, 4) is 5.75 Å². The largest absolute Gasteiger partial charge is 0.497 e. The first-order valence-electron chi connectivity index (χ1n) is 6.81. The van der Waals surface area contributed by atoms with Crippen molar-refractivity contribution in [2.75, 3.05) is 12.4 Å². The highest BCUT2D eigenvalue weighted by atomic mass is 16.5. The Hall–Kier alpha value is -2.75. The molecule has 0 radical (unpaired) electrons. The maximum atomic E-state index is 5.26. The Balaban J connectivity index is 1.79. The van der Waals surface area contributed by atoms with E-state index in [-0.39, 0.29) is 0 Å². The molecule has 0 amide bonds. The van der Waals surface area contributed by atoms with E-state index in [1.165, 1.54) is 5.56 Å². The maximum absolute atomic E-state index is 5.26. The second kappa shape index (κ2) is 6.13. The first kappa shape index (κ1) is 13.2. The topological polar surface area (TPSA) is 39.1 Å². The van der Waals surface area contributed by atoms with Gasteiger partial charge in [-0.25, -0.2) is 4.98 Å². The summed E-state index contributed by atoms with van der Waals surface area (Å²) in [7, 11) is 1.68. The number of nitrogens with one attached hydrogen (secondary N) is 1. The molecule has 0 unspecified atom stereocenters. The number of aromatic nitrogens is 2. The number of ether oxygens (including phenoxy) is 1. The van der Waals surface area contributed by atoms with E-state index in [0.29, 0.717) is 0 Å². The number of nitrogens with zero attached hydrogens (tertiary/aromatic N) is 2. The van der Waals surface area contributed by atoms with Crippen LogP contribution in [0, 0.1) is 0 Å². The molecular weight excluding hydrogens is 262 g/mol. The summed E-state index contributed by atoms with van der Waals surface area (Å²) in [5, 5.41) is 3.32. The van der Waals surface area contributed by atoms with Gasteiger partial charge in [0.05, 0.1) is 13.7 Å². The zero-order chi connectivity index (χ0) is 14.5. The van der Waals surface area contributed by atoms with Crippen LogP contribution in [0.4, 0.5) is 11.6 Å². The van der Waals surface area contributed by atoms with Crippen molar-refractivity contribution in [2.45, 2.75) is 6.54 Å². The van der Waals surface area contributed by atoms with Crippen molar-refractivity contribution in [1.29, 1.82) is 0 Å². The Labute approximate surface area is 124 Å². The van der Waals surface area contributed by atoms with Crippen LogP contribution in [-0.2, 0) is 6.54 Å². The number of methoxy groups -OCH3 is 1. The summed E-state index contributed by atoms with van der Waals surface area (Å²) >= 11 is 0. The van der Waals surface area contributed by atoms with Gasteiger partial charge >= 0.3 is 0 Å². The smallest absolute Gasteiger partial charge is 0.207 e. The average Bonchev–Trinajstić information content (AvgIpc) is 2.95. The SMILES string of the molecule is COc1cccc(Cn2ccnc2Nc2ccccc2)c1. The van der Waals surface area contributed by atoms with Gasteiger partial charge < -0.3 is 14.6 Å². The van der Waals surface area contributed by atoms with Crippen LogP contribution in [-0.4, -0.2) is 16.7 Å². The van der Waals surface area contributed by atoms with E-state index in [0.717, 1.165) is 23.9 Å². The lowest BCUT2D eigenvalue weighted by Crippen LogP contribution is -2.04. The van der Waals surface area contributed by atoms with Crippen molar-refractivity contribution >= 4 is 11.6 Å². The molecule has 1 N–H and O–H groups in total. The molecule has 0 aliphatic carbocycles. The van der Waals surface area contributed by atoms with Crippen LogP contribution >= 0.6 is 0 Å². The van der Waals surface area contributed by atoms with Crippen LogP contribution in [0.15, 0.2) is 67.0 Å². The molecule has 1 aromatic heterocycles. The van der Waals surface area contributed by atoms with Crippen molar-refractivity contribution in [1.82, 2.24) is 9.55 Å². The lowest BCUT2D eigenvalue weighted by molar-refractivity contribution is 0.414. The lowest BCUT2D eigenvalue weighted by atomic mass is 10.2. The zero-order valence-corrected chi connectivity index (χ0v) is 11.9. The first-order chi connectivity index (χ1) is 10.3. The monoisotopic (exact) mass is 279 g/mol. The van der Waals surface area contributed by atoms with Gasteiger partial charge in [-0.1, -0.05) is 30.3 Å². The number of para-hydroxylation sites is 1. The summed E-state index contributed by atoms with van der Waals surface area (Å²) in [4.78, 5) is 4.37. The first-order valence-corrected chi connectivity index (χ1v) is 6.81. The Morgan fingerprint density at radius 1 is 1.10 bits per heavy atom. The summed E-state index contributed by atoms with van der Waals surface area (Å²) in [6.45, 7) is 0.742. The van der Waals surface area contributed by atoms with Crippen LogP contribution < -0.4 is 10.1 Å². The minimum Gasteiger partial charge on any atom is -0.497 e. The van der Waals surface area contributed by atoms with E-state index in [9.17, 15) is 0 Å². The molecule has 0 saturated heterocycles. The molecule has 0 fully saturated rings. The number of imidazole rings is 1. The van der Waals surface area contributed by atoms with Crippen molar-refractivity contribution in [2.24, 2.45) is 0 Å². The van der Waals surface area contributed by atoms with Gasteiger partial charge in [0.2, 0.25) is 5.95 Å². The van der Waals surface area contributed by atoms with Crippen molar-refractivity contribution in [3.63, 3.8) is 0 Å². The molecule has 0 saturated carbocycles. The standard InChI is InChI=1S/C17H17N3O/c1-21-16-9-5-6-14(12-16)13-20-11-10-18-17(20)19-15-7-3-2-4-8-15/h2-12H,13H2,1H3,(H,18,19). The Morgan fingerprint density at radius 3 is 2.76 bits per heavy atom. The molecule has 3 aromatic rings. The summed E-state index contributed by atoms with van der Waals surface area (Å²) in [5.41, 5.74) is 2.19. The molecule has 0 aliphatic rings. The predicted molar refractivity (Wildman–Crippen MR) is 84.0 cm³/mol. The average molecular weight is 279 g/mol. The molecule has 1 heterocycles. The summed E-state index contributed by atoms with van der Waals surface area (Å²) in [6.07, 6.45) is 3.76. The van der Waals surface area contributed by atoms with Gasteiger partial charge in [-0.3, -0.25) is 0 Å². The molecule has 0 aliphatic heterocycles. The van der Waals surface area contributed by atoms with E-state index >= 15 is 0 Å². The van der Waals surface area contributed by atoms with Crippen LogP contribution in [0.25, 0.3) is 0 Å². The predicted octanol–water partition coefficient (Wildman–Crippen LogP) is 3.68. The van der Waals surface area contributed by atoms with Gasteiger partial charge in [-0.2, -0.15) is 0 Å². The third-order valence-electron chi connectivity index (χ3n) is 3.23. The van der Waals surface area contributed by atoms with E-state index in [4.69, 9.17) is 4.74 Å². The third-order valence-corrected chi connectivity index (χ3v) is 3.23. The van der Waals surface area contributed by atoms with Gasteiger partial charge in [0.25, 0.3) is 0 Å². The summed E-state index contributed by atoms with van der Waals surface area (Å²) in [6, 6.07) is 18.1. The van der Waals surface area contributed by atoms with Crippen LogP contribution in [0.2, 0.25) is 0 Å². The molecular formula is C17H17N3O. The van der Waals surface area contributed by atoms with Gasteiger partial charge in [0, 0.05) is 18.1 Å². The lowest BCUT2D eigenvalue weighted by Gasteiger charge is -2.10. The summed E-state index contributed by atoms with van der Waals surface area (Å²) < 4.78 is 7.33. The fourth-order valence-electron chi connectivity index (χ4n) is 2.18. The number of benzene rings is 2. The van der Waals surface area contributed by atoms with E-state index < -0.39 is 0 Å². The van der Waals surface area contributed by atoms with Crippen molar-refractivity contribution in [3.05, 3.63) is 72.6 Å². The van der Waals surface area contributed by atoms with E-state index in [2.05, 4.69) is 20.9 Å². The molecule has 106 valence electrons. The number of hydrogen-bond donors (Lipinski definition) is 1. The molecule has 21 heavy (non-hydrogen) atoms. The van der Waals surface area contributed by atoms with Crippen LogP contribution in [0.3, 0.4) is 0 Å². The number of anilines is 2. The van der Waals surface area contributed by atoms with Crippen LogP contribution in [0.1, 0.15) is 5.56 Å². The summed E-state index contributed by atoms with van der Waals surface area (Å²) in [5.74, 6) is 1.69. The minimum atomic E-state index is 0.742. The highest BCUT2D eigenvalue weighted by Gasteiger charge is 2.04. The minimum absolute atomic E-state index is 0.742. The third kappa shape index (κ3) is 3.23. The van der Waals surface area contributed by atoms with E-state index in [1.807, 2.05) is 54.7 Å². The fourth-order valence-corrected chi connectivity index (χ4v) is 2.18. The zero-order valence-electron chi connectivity index (χ0n) is 11.9. The Morgan fingerprint density at radius 2 is 1.95 bits per heavy atom. The van der Waals surface area contributed by atoms with Gasteiger partial charge in [-0.05, 0) is 29.8 Å². The quantitative estimate of drug-likeness (QED) is 0.774. The van der Waals surface area contributed by atoms with Gasteiger partial charge in [0.1, 0.15) is 5.75 Å². The van der Waals surface area contributed by atoms with Gasteiger partial charge in [0.15, 0.2) is 0 Å². The number of hydrogen-bond acceptors (Lipinski definition) is 3. The molecule has 3 rings (SSSR count). The second-order valence-electron chi connectivity index (χ2n) is 4.72. The fraction of sp³-hybridized carbons (Fsp3) is 0.118. The van der Waals surface area contributed by atoms with Gasteiger partial charge in [-0.15, -0.1) is 0 Å². The van der Waals surface area contributed by atoms with Crippen molar-refractivity contribution < 1.29 is 4.74 Å². The molecule has 0 atom stereocenters.